The minimum atomic E-state index is -0.677. The van der Waals surface area contributed by atoms with Crippen molar-refractivity contribution in [1.29, 1.82) is 0 Å². The van der Waals surface area contributed by atoms with Crippen LogP contribution in [0.1, 0.15) is 12.8 Å². The summed E-state index contributed by atoms with van der Waals surface area (Å²) in [6, 6.07) is 0. The third-order valence-corrected chi connectivity index (χ3v) is 2.47. The predicted octanol–water partition coefficient (Wildman–Crippen LogP) is -0.158. The molecule has 2 aliphatic heterocycles. The van der Waals surface area contributed by atoms with E-state index in [1.54, 1.807) is 0 Å². The van der Waals surface area contributed by atoms with Crippen LogP contribution in [0.4, 0.5) is 0 Å². The van der Waals surface area contributed by atoms with Gasteiger partial charge in [-0.1, -0.05) is 0 Å². The van der Waals surface area contributed by atoms with Crippen LogP contribution in [0.2, 0.25) is 0 Å². The first-order valence-corrected chi connectivity index (χ1v) is 3.62. The second kappa shape index (κ2) is 2.58. The molecule has 3 aliphatic rings. The number of hydrogen-bond acceptors (Lipinski definition) is 4. The Labute approximate surface area is 76.8 Å². The van der Waals surface area contributed by atoms with Crippen molar-refractivity contribution >= 4 is 18.4 Å². The molecular weight excluding hydrogens is 182 g/mol. The van der Waals surface area contributed by atoms with E-state index in [1.165, 1.54) is 7.11 Å². The lowest BCUT2D eigenvalue weighted by Crippen LogP contribution is -2.59. The highest BCUT2D eigenvalue weighted by Gasteiger charge is 2.65. The van der Waals surface area contributed by atoms with Gasteiger partial charge in [0.1, 0.15) is 0 Å². The third-order valence-electron chi connectivity index (χ3n) is 2.47. The van der Waals surface area contributed by atoms with Gasteiger partial charge in [-0.15, -0.1) is 12.4 Å². The molecule has 2 heterocycles. The van der Waals surface area contributed by atoms with E-state index in [0.29, 0.717) is 19.4 Å². The summed E-state index contributed by atoms with van der Waals surface area (Å²) < 4.78 is 9.87. The van der Waals surface area contributed by atoms with Crippen molar-refractivity contribution in [3.05, 3.63) is 0 Å². The standard InChI is InChI=1S/C7H11NO3.ClH/c1-10-5(9)7-2-6(8,3-7)4-11-7;/h2-4,8H2,1H3;1H. The van der Waals surface area contributed by atoms with Gasteiger partial charge in [0, 0.05) is 18.4 Å². The van der Waals surface area contributed by atoms with Gasteiger partial charge in [-0.05, 0) is 0 Å². The van der Waals surface area contributed by atoms with Gasteiger partial charge in [-0.3, -0.25) is 0 Å². The van der Waals surface area contributed by atoms with Crippen LogP contribution in [0.5, 0.6) is 0 Å². The molecular formula is C7H12ClNO3. The van der Waals surface area contributed by atoms with Crippen molar-refractivity contribution in [3.8, 4) is 0 Å². The summed E-state index contributed by atoms with van der Waals surface area (Å²) in [5, 5.41) is 0. The quantitative estimate of drug-likeness (QED) is 0.588. The summed E-state index contributed by atoms with van der Waals surface area (Å²) in [5.41, 5.74) is 4.87. The largest absolute Gasteiger partial charge is 0.467 e. The summed E-state index contributed by atoms with van der Waals surface area (Å²) in [6.45, 7) is 0.488. The molecule has 1 aliphatic carbocycles. The van der Waals surface area contributed by atoms with E-state index in [1.807, 2.05) is 0 Å². The second-order valence-electron chi connectivity index (χ2n) is 3.49. The van der Waals surface area contributed by atoms with Gasteiger partial charge >= 0.3 is 5.97 Å². The fourth-order valence-corrected chi connectivity index (χ4v) is 1.96. The average Bonchev–Trinajstić information content (AvgIpc) is 2.40. The number of hydrogen-bond donors (Lipinski definition) is 1. The van der Waals surface area contributed by atoms with Crippen LogP contribution >= 0.6 is 12.4 Å². The number of rotatable bonds is 1. The van der Waals surface area contributed by atoms with Crippen LogP contribution in [-0.2, 0) is 14.3 Å². The van der Waals surface area contributed by atoms with Crippen LogP contribution in [0, 0.1) is 0 Å². The second-order valence-corrected chi connectivity index (χ2v) is 3.49. The number of nitrogens with two attached hydrogens (primary N) is 1. The van der Waals surface area contributed by atoms with E-state index in [4.69, 9.17) is 10.5 Å². The smallest absolute Gasteiger partial charge is 0.338 e. The molecule has 0 spiro atoms. The lowest BCUT2D eigenvalue weighted by atomic mass is 9.69. The molecule has 12 heavy (non-hydrogen) atoms. The molecule has 2 bridgehead atoms. The molecule has 0 amide bonds. The molecule has 3 fully saturated rings. The van der Waals surface area contributed by atoms with Gasteiger partial charge in [0.05, 0.1) is 13.7 Å². The molecule has 0 aromatic heterocycles. The highest BCUT2D eigenvalue weighted by atomic mass is 35.5. The third kappa shape index (κ3) is 1.02. The molecule has 3 rings (SSSR count). The van der Waals surface area contributed by atoms with Gasteiger partial charge in [0.25, 0.3) is 0 Å². The first kappa shape index (κ1) is 9.77. The Balaban J connectivity index is 0.000000720. The van der Waals surface area contributed by atoms with E-state index >= 15 is 0 Å². The van der Waals surface area contributed by atoms with Crippen molar-refractivity contribution < 1.29 is 14.3 Å². The predicted molar refractivity (Wildman–Crippen MR) is 44.1 cm³/mol. The minimum absolute atomic E-state index is 0. The van der Waals surface area contributed by atoms with Gasteiger partial charge in [-0.2, -0.15) is 0 Å². The average molecular weight is 194 g/mol. The van der Waals surface area contributed by atoms with E-state index < -0.39 is 5.60 Å². The lowest BCUT2D eigenvalue weighted by molar-refractivity contribution is -0.166. The van der Waals surface area contributed by atoms with Crippen molar-refractivity contribution in [2.24, 2.45) is 5.73 Å². The zero-order chi connectivity index (χ0) is 8.11. The van der Waals surface area contributed by atoms with E-state index in [9.17, 15) is 4.79 Å². The zero-order valence-electron chi connectivity index (χ0n) is 6.83. The molecule has 4 nitrogen and oxygen atoms in total. The molecule has 0 aromatic carbocycles. The summed E-state index contributed by atoms with van der Waals surface area (Å²) in [5.74, 6) is -0.281. The number of esters is 1. The fourth-order valence-electron chi connectivity index (χ4n) is 1.96. The molecule has 5 heteroatoms. The first-order chi connectivity index (χ1) is 5.10. The van der Waals surface area contributed by atoms with Crippen molar-refractivity contribution in [2.75, 3.05) is 13.7 Å². The Hall–Kier alpha value is -0.320. The SMILES string of the molecule is COC(=O)C12CC(N)(CO1)C2.Cl. The molecule has 0 radical (unpaired) electrons. The molecule has 0 atom stereocenters. The number of halogens is 1. The number of ether oxygens (including phenoxy) is 2. The Morgan fingerprint density at radius 3 is 2.50 bits per heavy atom. The Morgan fingerprint density at radius 2 is 2.17 bits per heavy atom. The summed E-state index contributed by atoms with van der Waals surface area (Å²) in [4.78, 5) is 11.1. The Kier molecular flexibility index (Phi) is 2.10. The summed E-state index contributed by atoms with van der Waals surface area (Å²) in [6.07, 6.45) is 1.24. The number of methoxy groups -OCH3 is 1. The van der Waals surface area contributed by atoms with E-state index in [0.717, 1.165) is 0 Å². The van der Waals surface area contributed by atoms with Gasteiger partial charge in [0.15, 0.2) is 5.60 Å². The maximum Gasteiger partial charge on any atom is 0.338 e. The lowest BCUT2D eigenvalue weighted by Gasteiger charge is -2.39. The topological polar surface area (TPSA) is 61.5 Å². The Morgan fingerprint density at radius 1 is 1.58 bits per heavy atom. The fraction of sp³-hybridized carbons (Fsp3) is 0.857. The Bertz CT molecular complexity index is 213. The summed E-state index contributed by atoms with van der Waals surface area (Å²) >= 11 is 0. The maximum absolute atomic E-state index is 11.1. The monoisotopic (exact) mass is 193 g/mol. The molecule has 0 unspecified atom stereocenters. The van der Waals surface area contributed by atoms with E-state index in [2.05, 4.69) is 4.74 Å². The van der Waals surface area contributed by atoms with Crippen molar-refractivity contribution in [3.63, 3.8) is 0 Å². The van der Waals surface area contributed by atoms with Crippen LogP contribution < -0.4 is 5.73 Å². The minimum Gasteiger partial charge on any atom is -0.467 e. The maximum atomic E-state index is 11.1. The van der Waals surface area contributed by atoms with Crippen molar-refractivity contribution in [1.82, 2.24) is 0 Å². The van der Waals surface area contributed by atoms with Gasteiger partial charge < -0.3 is 15.2 Å². The van der Waals surface area contributed by atoms with E-state index in [-0.39, 0.29) is 23.9 Å². The molecule has 2 N–H and O–H groups in total. The number of carbonyl (C=O) groups is 1. The van der Waals surface area contributed by atoms with Crippen molar-refractivity contribution in [2.45, 2.75) is 24.0 Å². The highest BCUT2D eigenvalue weighted by molar-refractivity contribution is 5.85. The van der Waals surface area contributed by atoms with Gasteiger partial charge in [0.2, 0.25) is 0 Å². The molecule has 1 saturated carbocycles. The molecule has 0 aromatic rings. The van der Waals surface area contributed by atoms with Crippen LogP contribution in [0.3, 0.4) is 0 Å². The normalized spacial score (nSPS) is 42.8. The number of fused-ring (bicyclic) bond motifs is 1. The van der Waals surface area contributed by atoms with Gasteiger partial charge in [-0.25, -0.2) is 4.79 Å². The summed E-state index contributed by atoms with van der Waals surface area (Å²) in [7, 11) is 1.37. The van der Waals surface area contributed by atoms with Crippen LogP contribution in [0.15, 0.2) is 0 Å². The molecule has 70 valence electrons. The zero-order valence-corrected chi connectivity index (χ0v) is 7.65. The molecule has 2 saturated heterocycles. The highest BCUT2D eigenvalue weighted by Crippen LogP contribution is 2.50. The number of carbonyl (C=O) groups excluding carboxylic acids is 1. The first-order valence-electron chi connectivity index (χ1n) is 3.62. The van der Waals surface area contributed by atoms with Crippen LogP contribution in [0.25, 0.3) is 0 Å². The van der Waals surface area contributed by atoms with Crippen LogP contribution in [-0.4, -0.2) is 30.8 Å².